The van der Waals surface area contributed by atoms with Crippen LogP contribution in [0.2, 0.25) is 0 Å². The average Bonchev–Trinajstić information content (AvgIpc) is 1.73. The van der Waals surface area contributed by atoms with Crippen LogP contribution in [0.1, 0.15) is 13.3 Å². The molecule has 0 atom stereocenters. The van der Waals surface area contributed by atoms with E-state index in [0.717, 1.165) is 12.0 Å². The van der Waals surface area contributed by atoms with Gasteiger partial charge in [0, 0.05) is 0 Å². The Bertz CT molecular complexity index is 50.0. The predicted molar refractivity (Wildman–Crippen MR) is 23.5 cm³/mol. The van der Waals surface area contributed by atoms with Gasteiger partial charge in [0.2, 0.25) is 0 Å². The normalized spacial score (nSPS) is 5.57. The van der Waals surface area contributed by atoms with Crippen LogP contribution in [-0.2, 0) is 29.3 Å². The molecule has 0 amide bonds. The number of hydrogen-bond donors (Lipinski definition) is 0. The van der Waals surface area contributed by atoms with Gasteiger partial charge >= 0.3 is 29.3 Å². The van der Waals surface area contributed by atoms with E-state index in [9.17, 15) is 0 Å². The van der Waals surface area contributed by atoms with Crippen molar-refractivity contribution in [2.45, 2.75) is 13.3 Å². The number of rotatable bonds is 1. The fourth-order valence-corrected chi connectivity index (χ4v) is 0. The molecule has 40 valence electrons. The molecule has 0 radical (unpaired) electrons. The first-order chi connectivity index (χ1) is 3.27. The zero-order valence-corrected chi connectivity index (χ0v) is 7.18. The van der Waals surface area contributed by atoms with Crippen molar-refractivity contribution in [3.05, 3.63) is 19.1 Å². The fourth-order valence-electron chi connectivity index (χ4n) is 0. The van der Waals surface area contributed by atoms with Gasteiger partial charge in [-0.2, -0.15) is 0 Å². The van der Waals surface area contributed by atoms with E-state index < -0.39 is 0 Å². The molecule has 0 bridgehead atoms. The van der Waals surface area contributed by atoms with Crippen LogP contribution in [0.3, 0.4) is 0 Å². The molecular formula is C5H8V2-2. The SMILES string of the molecule is [CH-]=C([CH2-])CC.[V]=[V]. The molecular weight excluding hydrogens is 162 g/mol. The van der Waals surface area contributed by atoms with Crippen LogP contribution >= 0.6 is 0 Å². The standard InChI is InChI=1S/C5H8.2V/c1-4-5(2)3;;/h2H,3-4H2,1H3;;/q-2;;. The van der Waals surface area contributed by atoms with Crippen LogP contribution in [0.4, 0.5) is 0 Å². The van der Waals surface area contributed by atoms with Gasteiger partial charge in [-0.25, -0.2) is 0 Å². The summed E-state index contributed by atoms with van der Waals surface area (Å²) in [5, 5.41) is 0. The van der Waals surface area contributed by atoms with Crippen molar-refractivity contribution in [3.63, 3.8) is 0 Å². The van der Waals surface area contributed by atoms with Crippen LogP contribution in [0.5, 0.6) is 0 Å². The zero-order chi connectivity index (χ0) is 6.28. The van der Waals surface area contributed by atoms with Crippen molar-refractivity contribution >= 4 is 0 Å². The van der Waals surface area contributed by atoms with Gasteiger partial charge < -0.3 is 19.1 Å². The second-order valence-electron chi connectivity index (χ2n) is 1.01. The van der Waals surface area contributed by atoms with E-state index in [1.807, 2.05) is 6.92 Å². The minimum atomic E-state index is 0.755. The molecule has 0 aromatic heterocycles. The van der Waals surface area contributed by atoms with Crippen molar-refractivity contribution in [2.75, 3.05) is 0 Å². The molecule has 0 fully saturated rings. The number of allylic oxidation sites excluding steroid dienone is 1. The molecule has 0 aliphatic rings. The zero-order valence-electron chi connectivity index (χ0n) is 4.39. The second kappa shape index (κ2) is 9.91. The Labute approximate surface area is 61.7 Å². The molecule has 0 aliphatic carbocycles. The van der Waals surface area contributed by atoms with Gasteiger partial charge in [0.05, 0.1) is 0 Å². The summed E-state index contributed by atoms with van der Waals surface area (Å²) in [6.45, 7) is 10.5. The van der Waals surface area contributed by atoms with Crippen LogP contribution in [0.25, 0.3) is 0 Å². The third-order valence-electron chi connectivity index (χ3n) is 0.454. The number of hydrogen-bond acceptors (Lipinski definition) is 0. The van der Waals surface area contributed by atoms with Crippen molar-refractivity contribution in [1.29, 1.82) is 0 Å². The Morgan fingerprint density at radius 2 is 1.86 bits per heavy atom. The van der Waals surface area contributed by atoms with E-state index >= 15 is 0 Å². The van der Waals surface area contributed by atoms with E-state index in [1.165, 1.54) is 0 Å². The van der Waals surface area contributed by atoms with E-state index in [0.29, 0.717) is 0 Å². The van der Waals surface area contributed by atoms with E-state index in [-0.39, 0.29) is 0 Å². The van der Waals surface area contributed by atoms with E-state index in [2.05, 4.69) is 36.2 Å². The Morgan fingerprint density at radius 1 is 1.71 bits per heavy atom. The molecule has 2 heteroatoms. The van der Waals surface area contributed by atoms with Gasteiger partial charge in [-0.1, -0.05) is 13.3 Å². The predicted octanol–water partition coefficient (Wildman–Crippen LogP) is 1.58. The molecule has 0 N–H and O–H groups in total. The first-order valence-electron chi connectivity index (χ1n) is 1.90. The summed E-state index contributed by atoms with van der Waals surface area (Å²) in [4.78, 5) is 0. The monoisotopic (exact) mass is 170 g/mol. The maximum absolute atomic E-state index is 5.10. The summed E-state index contributed by atoms with van der Waals surface area (Å²) >= 11 is 4.50. The van der Waals surface area contributed by atoms with Gasteiger partial charge in [-0.15, -0.1) is 0 Å². The topological polar surface area (TPSA) is 0 Å². The second-order valence-corrected chi connectivity index (χ2v) is 1.01. The molecule has 0 nitrogen and oxygen atoms in total. The molecule has 0 aromatic rings. The Hall–Kier alpha value is 0.779. The molecule has 0 heterocycles. The van der Waals surface area contributed by atoms with Gasteiger partial charge in [0.15, 0.2) is 0 Å². The minimum absolute atomic E-state index is 0.755. The van der Waals surface area contributed by atoms with E-state index in [1.54, 1.807) is 0 Å². The third-order valence-corrected chi connectivity index (χ3v) is 0.454. The first kappa shape index (κ1) is 10.7. The summed E-state index contributed by atoms with van der Waals surface area (Å²) < 4.78 is 0. The van der Waals surface area contributed by atoms with Crippen LogP contribution in [-0.4, -0.2) is 0 Å². The molecule has 0 saturated carbocycles. The Kier molecular flexibility index (Phi) is 15.2. The van der Waals surface area contributed by atoms with E-state index in [4.69, 9.17) is 6.58 Å². The average molecular weight is 170 g/mol. The molecule has 7 heavy (non-hydrogen) atoms. The summed E-state index contributed by atoms with van der Waals surface area (Å²) in [5.74, 6) is 0. The summed E-state index contributed by atoms with van der Waals surface area (Å²) in [6, 6.07) is 0. The first-order valence-corrected chi connectivity index (χ1v) is 5.10. The summed E-state index contributed by atoms with van der Waals surface area (Å²) in [6.07, 6.45) is 0.889. The maximum atomic E-state index is 5.10. The fraction of sp³-hybridized carbons (Fsp3) is 0.400. The van der Waals surface area contributed by atoms with Crippen LogP contribution in [0.15, 0.2) is 5.57 Å². The quantitative estimate of drug-likeness (QED) is 0.524. The molecule has 0 spiro atoms. The third kappa shape index (κ3) is 20.0. The van der Waals surface area contributed by atoms with Crippen LogP contribution < -0.4 is 0 Å². The molecule has 0 saturated heterocycles. The van der Waals surface area contributed by atoms with Crippen molar-refractivity contribution in [2.24, 2.45) is 0 Å². The summed E-state index contributed by atoms with van der Waals surface area (Å²) in [7, 11) is 0. The van der Waals surface area contributed by atoms with Crippen LogP contribution in [0, 0.1) is 13.5 Å². The van der Waals surface area contributed by atoms with Crippen molar-refractivity contribution < 1.29 is 29.3 Å². The Morgan fingerprint density at radius 3 is 1.86 bits per heavy atom. The van der Waals surface area contributed by atoms with Gasteiger partial charge in [0.25, 0.3) is 0 Å². The van der Waals surface area contributed by atoms with Gasteiger partial charge in [-0.3, -0.25) is 0 Å². The van der Waals surface area contributed by atoms with Crippen molar-refractivity contribution in [1.82, 2.24) is 0 Å². The van der Waals surface area contributed by atoms with Gasteiger partial charge in [0.1, 0.15) is 0 Å². The molecule has 0 unspecified atom stereocenters. The molecule has 0 aromatic carbocycles. The molecule has 0 aliphatic heterocycles. The molecule has 0 rings (SSSR count). The van der Waals surface area contributed by atoms with Crippen molar-refractivity contribution in [3.8, 4) is 0 Å². The van der Waals surface area contributed by atoms with Gasteiger partial charge in [-0.05, 0) is 0 Å². The Balaban J connectivity index is 0. The summed E-state index contributed by atoms with van der Waals surface area (Å²) in [5.41, 5.74) is 0.755.